The highest BCUT2D eigenvalue weighted by molar-refractivity contribution is 6.43. The summed E-state index contributed by atoms with van der Waals surface area (Å²) in [4.78, 5) is 13.6. The lowest BCUT2D eigenvalue weighted by molar-refractivity contribution is 0.212. The summed E-state index contributed by atoms with van der Waals surface area (Å²) in [6.45, 7) is 3.35. The van der Waals surface area contributed by atoms with E-state index in [0.717, 1.165) is 32.0 Å². The van der Waals surface area contributed by atoms with Crippen LogP contribution in [0.1, 0.15) is 17.2 Å². The molecule has 1 aliphatic heterocycles. The van der Waals surface area contributed by atoms with E-state index in [2.05, 4.69) is 85.7 Å². The number of nitrogens with two attached hydrogens (primary N) is 1. The average molecular weight is 505 g/mol. The molecule has 1 aliphatic rings. The predicted molar refractivity (Wildman–Crippen MR) is 145 cm³/mol. The van der Waals surface area contributed by atoms with E-state index in [9.17, 15) is 0 Å². The van der Waals surface area contributed by atoms with Gasteiger partial charge in [0, 0.05) is 26.2 Å². The Kier molecular flexibility index (Phi) is 7.04. The first-order valence-electron chi connectivity index (χ1n) is 11.5. The van der Waals surface area contributed by atoms with Crippen molar-refractivity contribution in [2.45, 2.75) is 6.04 Å². The van der Waals surface area contributed by atoms with Gasteiger partial charge in [-0.05, 0) is 23.3 Å². The Morgan fingerprint density at radius 3 is 2.03 bits per heavy atom. The smallest absolute Gasteiger partial charge is 0.159 e. The fourth-order valence-electron chi connectivity index (χ4n) is 4.54. The van der Waals surface area contributed by atoms with Crippen LogP contribution in [0.2, 0.25) is 10.0 Å². The van der Waals surface area contributed by atoms with Gasteiger partial charge in [-0.2, -0.15) is 0 Å². The summed E-state index contributed by atoms with van der Waals surface area (Å²) in [5, 5.41) is 4.09. The van der Waals surface area contributed by atoms with Crippen LogP contribution in [0.5, 0.6) is 0 Å². The third kappa shape index (κ3) is 5.05. The standard InChI is InChI=1S/C27H26Cl2N6/c28-21-12-7-13-22(23(21)29)33-26-24(30)27(32-18-31-26)35-16-14-34(15-17-35)25(19-8-3-1-4-9-19)20-10-5-2-6-11-20/h1-13,18,25H,14-17,30H2,(H,31,32,33). The molecule has 0 aliphatic carbocycles. The van der Waals surface area contributed by atoms with Crippen molar-refractivity contribution in [2.75, 3.05) is 42.1 Å². The van der Waals surface area contributed by atoms with E-state index in [0.29, 0.717) is 27.2 Å². The molecule has 178 valence electrons. The van der Waals surface area contributed by atoms with Gasteiger partial charge in [0.25, 0.3) is 0 Å². The molecule has 6 nitrogen and oxygen atoms in total. The zero-order chi connectivity index (χ0) is 24.2. The minimum Gasteiger partial charge on any atom is -0.393 e. The van der Waals surface area contributed by atoms with Crippen LogP contribution in [0.4, 0.5) is 23.0 Å². The Morgan fingerprint density at radius 1 is 0.771 bits per heavy atom. The van der Waals surface area contributed by atoms with Gasteiger partial charge in [0.05, 0.1) is 21.8 Å². The van der Waals surface area contributed by atoms with Crippen LogP contribution in [0.25, 0.3) is 0 Å². The summed E-state index contributed by atoms with van der Waals surface area (Å²) in [5.41, 5.74) is 10.2. The van der Waals surface area contributed by atoms with E-state index in [1.54, 1.807) is 6.07 Å². The molecular weight excluding hydrogens is 479 g/mol. The fraction of sp³-hybridized carbons (Fsp3) is 0.185. The van der Waals surface area contributed by atoms with Crippen molar-refractivity contribution >= 4 is 46.2 Å². The van der Waals surface area contributed by atoms with E-state index in [4.69, 9.17) is 28.9 Å². The summed E-state index contributed by atoms with van der Waals surface area (Å²) >= 11 is 12.5. The molecule has 3 N–H and O–H groups in total. The summed E-state index contributed by atoms with van der Waals surface area (Å²) < 4.78 is 0. The molecule has 1 fully saturated rings. The summed E-state index contributed by atoms with van der Waals surface area (Å²) in [6, 6.07) is 26.9. The maximum Gasteiger partial charge on any atom is 0.159 e. The highest BCUT2D eigenvalue weighted by Crippen LogP contribution is 2.35. The lowest BCUT2D eigenvalue weighted by Gasteiger charge is -2.40. The minimum absolute atomic E-state index is 0.199. The number of nitrogen functional groups attached to an aromatic ring is 1. The van der Waals surface area contributed by atoms with Gasteiger partial charge in [-0.3, -0.25) is 4.90 Å². The first-order valence-corrected chi connectivity index (χ1v) is 12.3. The molecule has 0 atom stereocenters. The van der Waals surface area contributed by atoms with Crippen molar-refractivity contribution in [2.24, 2.45) is 0 Å². The molecule has 1 aromatic heterocycles. The number of benzene rings is 3. The van der Waals surface area contributed by atoms with Crippen LogP contribution in [0, 0.1) is 0 Å². The maximum atomic E-state index is 6.51. The molecule has 0 saturated carbocycles. The van der Waals surface area contributed by atoms with Crippen molar-refractivity contribution in [3.05, 3.63) is 106 Å². The minimum atomic E-state index is 0.199. The largest absolute Gasteiger partial charge is 0.393 e. The van der Waals surface area contributed by atoms with Gasteiger partial charge in [-0.15, -0.1) is 0 Å². The Hall–Kier alpha value is -3.32. The molecule has 8 heteroatoms. The summed E-state index contributed by atoms with van der Waals surface area (Å²) in [7, 11) is 0. The van der Waals surface area contributed by atoms with E-state index in [-0.39, 0.29) is 6.04 Å². The van der Waals surface area contributed by atoms with E-state index < -0.39 is 0 Å². The van der Waals surface area contributed by atoms with Crippen molar-refractivity contribution in [1.82, 2.24) is 14.9 Å². The van der Waals surface area contributed by atoms with Gasteiger partial charge in [0.2, 0.25) is 0 Å². The molecule has 3 aromatic carbocycles. The van der Waals surface area contributed by atoms with Gasteiger partial charge < -0.3 is 16.0 Å². The Balaban J connectivity index is 1.35. The van der Waals surface area contributed by atoms with E-state index in [1.807, 2.05) is 12.1 Å². The second kappa shape index (κ2) is 10.5. The number of nitrogens with zero attached hydrogens (tertiary/aromatic N) is 4. The van der Waals surface area contributed by atoms with Crippen LogP contribution in [-0.2, 0) is 0 Å². The highest BCUT2D eigenvalue weighted by Gasteiger charge is 2.28. The molecule has 1 saturated heterocycles. The fourth-order valence-corrected chi connectivity index (χ4v) is 4.89. The van der Waals surface area contributed by atoms with Crippen molar-refractivity contribution in [3.8, 4) is 0 Å². The molecule has 0 bridgehead atoms. The number of halogens is 2. The van der Waals surface area contributed by atoms with E-state index >= 15 is 0 Å². The first kappa shape index (κ1) is 23.4. The van der Waals surface area contributed by atoms with Crippen molar-refractivity contribution < 1.29 is 0 Å². The molecule has 0 radical (unpaired) electrons. The number of hydrogen-bond donors (Lipinski definition) is 2. The second-order valence-corrected chi connectivity index (χ2v) is 9.22. The number of piperazine rings is 1. The van der Waals surface area contributed by atoms with Gasteiger partial charge in [-0.25, -0.2) is 9.97 Å². The number of nitrogens with one attached hydrogen (secondary N) is 1. The monoisotopic (exact) mass is 504 g/mol. The van der Waals surface area contributed by atoms with Gasteiger partial charge >= 0.3 is 0 Å². The zero-order valence-corrected chi connectivity index (χ0v) is 20.6. The van der Waals surface area contributed by atoms with Gasteiger partial charge in [0.15, 0.2) is 11.6 Å². The lowest BCUT2D eigenvalue weighted by atomic mass is 9.96. The third-order valence-corrected chi connectivity index (χ3v) is 7.10. The summed E-state index contributed by atoms with van der Waals surface area (Å²) in [5.74, 6) is 1.23. The SMILES string of the molecule is Nc1c(Nc2cccc(Cl)c2Cl)ncnc1N1CCN(C(c2ccccc2)c2ccccc2)CC1. The van der Waals surface area contributed by atoms with Crippen LogP contribution < -0.4 is 16.0 Å². The summed E-state index contributed by atoms with van der Waals surface area (Å²) in [6.07, 6.45) is 1.52. The van der Waals surface area contributed by atoms with Crippen LogP contribution in [0.15, 0.2) is 85.2 Å². The Bertz CT molecular complexity index is 1240. The highest BCUT2D eigenvalue weighted by atomic mass is 35.5. The van der Waals surface area contributed by atoms with Gasteiger partial charge in [-0.1, -0.05) is 89.9 Å². The molecular formula is C27H26Cl2N6. The Labute approximate surface area is 215 Å². The normalized spacial score (nSPS) is 14.3. The number of hydrogen-bond acceptors (Lipinski definition) is 6. The Morgan fingerprint density at radius 2 is 1.40 bits per heavy atom. The quantitative estimate of drug-likeness (QED) is 0.334. The van der Waals surface area contributed by atoms with E-state index in [1.165, 1.54) is 17.5 Å². The molecule has 4 aromatic rings. The number of anilines is 4. The lowest BCUT2D eigenvalue weighted by Crippen LogP contribution is -2.48. The van der Waals surface area contributed by atoms with Crippen LogP contribution >= 0.6 is 23.2 Å². The van der Waals surface area contributed by atoms with Crippen molar-refractivity contribution in [3.63, 3.8) is 0 Å². The molecule has 35 heavy (non-hydrogen) atoms. The average Bonchev–Trinajstić information content (AvgIpc) is 2.90. The second-order valence-electron chi connectivity index (χ2n) is 8.43. The molecule has 0 spiro atoms. The first-order chi connectivity index (χ1) is 17.1. The molecule has 0 unspecified atom stereocenters. The molecule has 0 amide bonds. The topological polar surface area (TPSA) is 70.3 Å². The molecule has 5 rings (SSSR count). The zero-order valence-electron chi connectivity index (χ0n) is 19.1. The third-order valence-electron chi connectivity index (χ3n) is 6.28. The van der Waals surface area contributed by atoms with Crippen LogP contribution in [-0.4, -0.2) is 41.0 Å². The number of rotatable bonds is 6. The van der Waals surface area contributed by atoms with Crippen LogP contribution in [0.3, 0.4) is 0 Å². The molecule has 2 heterocycles. The number of aromatic nitrogens is 2. The predicted octanol–water partition coefficient (Wildman–Crippen LogP) is 6.02. The van der Waals surface area contributed by atoms with Crippen molar-refractivity contribution in [1.29, 1.82) is 0 Å². The van der Waals surface area contributed by atoms with Gasteiger partial charge in [0.1, 0.15) is 12.0 Å². The maximum absolute atomic E-state index is 6.51.